The number of hydrogen-bond acceptors (Lipinski definition) is 3. The van der Waals surface area contributed by atoms with Crippen molar-refractivity contribution in [3.05, 3.63) is 71.8 Å². The third-order valence-corrected chi connectivity index (χ3v) is 7.19. The Hall–Kier alpha value is -2.39. The largest absolute Gasteiger partial charge is 0.462 e. The Labute approximate surface area is 199 Å². The van der Waals surface area contributed by atoms with Crippen molar-refractivity contribution in [2.24, 2.45) is 11.8 Å². The van der Waals surface area contributed by atoms with E-state index < -0.39 is 0 Å². The lowest BCUT2D eigenvalue weighted by molar-refractivity contribution is -0.141. The topological polar surface area (TPSA) is 46.5 Å². The maximum absolute atomic E-state index is 11.7. The maximum atomic E-state index is 11.7. The first kappa shape index (κ1) is 25.2. The van der Waals surface area contributed by atoms with E-state index in [4.69, 9.17) is 4.74 Å². The molecule has 0 amide bonds. The van der Waals surface area contributed by atoms with Crippen LogP contribution in [-0.2, 0) is 16.0 Å². The van der Waals surface area contributed by atoms with Crippen molar-refractivity contribution in [1.29, 1.82) is 0 Å². The van der Waals surface area contributed by atoms with Crippen molar-refractivity contribution < 1.29 is 14.6 Å². The molecule has 2 aromatic carbocycles. The molecule has 1 fully saturated rings. The van der Waals surface area contributed by atoms with Crippen LogP contribution >= 0.6 is 0 Å². The molecule has 0 spiro atoms. The zero-order valence-corrected chi connectivity index (χ0v) is 20.4. The Morgan fingerprint density at radius 3 is 2.15 bits per heavy atom. The molecule has 1 atom stereocenters. The number of aliphatic hydroxyl groups excluding tert-OH is 1. The number of esters is 1. The average Bonchev–Trinajstić information content (AvgIpc) is 2.85. The molecule has 178 valence electrons. The van der Waals surface area contributed by atoms with Crippen LogP contribution in [0.15, 0.2) is 60.7 Å². The second-order valence-corrected chi connectivity index (χ2v) is 9.71. The number of aryl methyl sites for hydroxylation is 1. The Balaban J connectivity index is 1.51. The summed E-state index contributed by atoms with van der Waals surface area (Å²) in [6.07, 6.45) is 9.34. The van der Waals surface area contributed by atoms with Gasteiger partial charge in [-0.25, -0.2) is 4.79 Å². The van der Waals surface area contributed by atoms with Gasteiger partial charge in [0.15, 0.2) is 0 Å². The first-order valence-electron chi connectivity index (χ1n) is 12.6. The second kappa shape index (κ2) is 12.7. The predicted octanol–water partition coefficient (Wildman–Crippen LogP) is 7.09. The Kier molecular flexibility index (Phi) is 9.75. The van der Waals surface area contributed by atoms with Gasteiger partial charge in [0.2, 0.25) is 0 Å². The minimum atomic E-state index is -0.367. The van der Waals surface area contributed by atoms with Gasteiger partial charge in [0.05, 0.1) is 6.61 Å². The molecule has 3 nitrogen and oxygen atoms in total. The smallest absolute Gasteiger partial charge is 0.333 e. The van der Waals surface area contributed by atoms with Crippen LogP contribution in [0.4, 0.5) is 0 Å². The number of rotatable bonds is 11. The molecular weight excluding hydrogens is 408 g/mol. The SMILES string of the molecule is C=C(C)C(=O)OCC(CO)C1CCC(c2ccc(-c3ccc(CCCCC)cc3)cc2)CC1. The summed E-state index contributed by atoms with van der Waals surface area (Å²) in [6.45, 7) is 7.86. The summed E-state index contributed by atoms with van der Waals surface area (Å²) < 4.78 is 5.31. The third kappa shape index (κ3) is 7.30. The monoisotopic (exact) mass is 448 g/mol. The highest BCUT2D eigenvalue weighted by molar-refractivity contribution is 5.86. The normalized spacial score (nSPS) is 19.1. The van der Waals surface area contributed by atoms with E-state index >= 15 is 0 Å². The fourth-order valence-corrected chi connectivity index (χ4v) is 4.96. The van der Waals surface area contributed by atoms with Gasteiger partial charge in [0, 0.05) is 18.1 Å². The quantitative estimate of drug-likeness (QED) is 0.227. The summed E-state index contributed by atoms with van der Waals surface area (Å²) in [4.78, 5) is 11.7. The molecule has 0 aromatic heterocycles. The highest BCUT2D eigenvalue weighted by Gasteiger charge is 2.29. The van der Waals surface area contributed by atoms with E-state index in [-0.39, 0.29) is 25.1 Å². The molecule has 1 aliphatic rings. The first-order chi connectivity index (χ1) is 16.0. The van der Waals surface area contributed by atoms with Gasteiger partial charge in [0.1, 0.15) is 0 Å². The van der Waals surface area contributed by atoms with Crippen LogP contribution in [0.5, 0.6) is 0 Å². The number of carbonyl (C=O) groups is 1. The van der Waals surface area contributed by atoms with E-state index in [0.29, 0.717) is 17.4 Å². The van der Waals surface area contributed by atoms with E-state index in [0.717, 1.165) is 25.7 Å². The van der Waals surface area contributed by atoms with Crippen molar-refractivity contribution in [1.82, 2.24) is 0 Å². The van der Waals surface area contributed by atoms with Crippen LogP contribution in [0.25, 0.3) is 11.1 Å². The molecule has 0 heterocycles. The molecule has 0 aliphatic heterocycles. The molecule has 3 heteroatoms. The number of aliphatic hydroxyl groups is 1. The molecule has 1 aliphatic carbocycles. The summed E-state index contributed by atoms with van der Waals surface area (Å²) in [5.41, 5.74) is 5.78. The van der Waals surface area contributed by atoms with Crippen molar-refractivity contribution in [2.75, 3.05) is 13.2 Å². The molecule has 1 saturated carbocycles. The number of unbranched alkanes of at least 4 members (excludes halogenated alkanes) is 2. The second-order valence-electron chi connectivity index (χ2n) is 9.71. The molecular formula is C30H40O3. The lowest BCUT2D eigenvalue weighted by Crippen LogP contribution is -2.28. The Bertz CT molecular complexity index is 874. The van der Waals surface area contributed by atoms with Crippen molar-refractivity contribution >= 4 is 5.97 Å². The van der Waals surface area contributed by atoms with Crippen LogP contribution in [-0.4, -0.2) is 24.3 Å². The van der Waals surface area contributed by atoms with Gasteiger partial charge in [-0.15, -0.1) is 0 Å². The van der Waals surface area contributed by atoms with Crippen LogP contribution in [0.3, 0.4) is 0 Å². The van der Waals surface area contributed by atoms with E-state index in [2.05, 4.69) is 62.0 Å². The van der Waals surface area contributed by atoms with E-state index in [1.807, 2.05) is 0 Å². The highest BCUT2D eigenvalue weighted by Crippen LogP contribution is 2.39. The minimum absolute atomic E-state index is 0.0153. The zero-order valence-electron chi connectivity index (χ0n) is 20.4. The van der Waals surface area contributed by atoms with Gasteiger partial charge in [-0.3, -0.25) is 0 Å². The summed E-state index contributed by atoms with van der Waals surface area (Å²) in [5, 5.41) is 9.81. The fraction of sp³-hybridized carbons (Fsp3) is 0.500. The number of benzene rings is 2. The van der Waals surface area contributed by atoms with Crippen molar-refractivity contribution in [3.8, 4) is 11.1 Å². The summed E-state index contributed by atoms with van der Waals surface area (Å²) in [7, 11) is 0. The van der Waals surface area contributed by atoms with Gasteiger partial charge in [-0.2, -0.15) is 0 Å². The molecule has 0 bridgehead atoms. The van der Waals surface area contributed by atoms with Gasteiger partial charge in [-0.1, -0.05) is 74.9 Å². The van der Waals surface area contributed by atoms with Gasteiger partial charge in [0.25, 0.3) is 0 Å². The molecule has 33 heavy (non-hydrogen) atoms. The molecule has 0 radical (unpaired) electrons. The fourth-order valence-electron chi connectivity index (χ4n) is 4.96. The Morgan fingerprint density at radius 2 is 1.61 bits per heavy atom. The minimum Gasteiger partial charge on any atom is -0.462 e. The van der Waals surface area contributed by atoms with Crippen LogP contribution in [0.1, 0.15) is 75.8 Å². The summed E-state index contributed by atoms with van der Waals surface area (Å²) >= 11 is 0. The number of carbonyl (C=O) groups excluding carboxylic acids is 1. The number of hydrogen-bond donors (Lipinski definition) is 1. The third-order valence-electron chi connectivity index (χ3n) is 7.19. The van der Waals surface area contributed by atoms with E-state index in [1.165, 1.54) is 47.9 Å². The van der Waals surface area contributed by atoms with Crippen molar-refractivity contribution in [2.45, 2.75) is 71.1 Å². The summed E-state index contributed by atoms with van der Waals surface area (Å²) in [6, 6.07) is 18.1. The molecule has 3 rings (SSSR count). The van der Waals surface area contributed by atoms with Crippen LogP contribution in [0.2, 0.25) is 0 Å². The molecule has 1 N–H and O–H groups in total. The van der Waals surface area contributed by atoms with Gasteiger partial charge < -0.3 is 9.84 Å². The van der Waals surface area contributed by atoms with E-state index in [9.17, 15) is 9.90 Å². The van der Waals surface area contributed by atoms with Crippen LogP contribution in [0, 0.1) is 11.8 Å². The van der Waals surface area contributed by atoms with Crippen LogP contribution < -0.4 is 0 Å². The lowest BCUT2D eigenvalue weighted by atomic mass is 9.74. The average molecular weight is 449 g/mol. The zero-order chi connectivity index (χ0) is 23.6. The molecule has 2 aromatic rings. The lowest BCUT2D eigenvalue weighted by Gasteiger charge is -2.33. The standard InChI is InChI=1S/C30H40O3/c1-4-5-6-7-23-8-10-24(11-9-23)25-12-14-26(15-13-25)27-16-18-28(19-17-27)29(20-31)21-33-30(32)22(2)3/h8-15,27-29,31H,2,4-7,16-21H2,1,3H3. The van der Waals surface area contributed by atoms with E-state index in [1.54, 1.807) is 6.92 Å². The maximum Gasteiger partial charge on any atom is 0.333 e. The summed E-state index contributed by atoms with van der Waals surface area (Å²) in [5.74, 6) is 0.614. The van der Waals surface area contributed by atoms with Gasteiger partial charge in [-0.05, 0) is 79.5 Å². The Morgan fingerprint density at radius 1 is 1.00 bits per heavy atom. The molecule has 0 saturated heterocycles. The first-order valence-corrected chi connectivity index (χ1v) is 12.6. The van der Waals surface area contributed by atoms with Crippen molar-refractivity contribution in [3.63, 3.8) is 0 Å². The highest BCUT2D eigenvalue weighted by atomic mass is 16.5. The predicted molar refractivity (Wildman–Crippen MR) is 136 cm³/mol. The van der Waals surface area contributed by atoms with Gasteiger partial charge >= 0.3 is 5.97 Å². The molecule has 1 unspecified atom stereocenters. The number of ether oxygens (including phenoxy) is 1.